The smallest absolute Gasteiger partial charge is 0.248 e. The molecule has 6 heteroatoms. The lowest BCUT2D eigenvalue weighted by atomic mass is 9.96. The molecule has 5 nitrogen and oxygen atoms in total. The first kappa shape index (κ1) is 17.1. The molecule has 0 aromatic heterocycles. The number of carbonyl (C=O) groups excluding carboxylic acids is 2. The lowest BCUT2D eigenvalue weighted by Crippen LogP contribution is -2.17. The van der Waals surface area contributed by atoms with Gasteiger partial charge in [-0.15, -0.1) is 0 Å². The molecule has 0 aliphatic rings. The van der Waals surface area contributed by atoms with E-state index in [0.29, 0.717) is 25.3 Å². The van der Waals surface area contributed by atoms with Crippen molar-refractivity contribution in [3.05, 3.63) is 29.6 Å². The first-order valence-electron chi connectivity index (χ1n) is 7.07. The summed E-state index contributed by atoms with van der Waals surface area (Å²) in [6, 6.07) is 3.63. The molecular weight excluding hydrogens is 273 g/mol. The van der Waals surface area contributed by atoms with Crippen molar-refractivity contribution in [3.8, 4) is 0 Å². The average molecular weight is 295 g/mol. The summed E-state index contributed by atoms with van der Waals surface area (Å²) in [4.78, 5) is 22.9. The van der Waals surface area contributed by atoms with Gasteiger partial charge in [-0.3, -0.25) is 9.59 Å². The molecule has 1 rings (SSSR count). The summed E-state index contributed by atoms with van der Waals surface area (Å²) in [6.45, 7) is 2.64. The molecule has 116 valence electrons. The average Bonchev–Trinajstić information content (AvgIpc) is 2.45. The number of anilines is 1. The highest BCUT2D eigenvalue weighted by Gasteiger charge is 2.12. The third-order valence-electron chi connectivity index (χ3n) is 3.46. The number of nitrogens with one attached hydrogen (secondary N) is 1. The van der Waals surface area contributed by atoms with Gasteiger partial charge in [0.25, 0.3) is 0 Å². The molecule has 0 fully saturated rings. The van der Waals surface area contributed by atoms with Crippen LogP contribution in [0.4, 0.5) is 10.1 Å². The van der Waals surface area contributed by atoms with Gasteiger partial charge in [0.05, 0.1) is 5.69 Å². The lowest BCUT2D eigenvalue weighted by molar-refractivity contribution is -0.116. The van der Waals surface area contributed by atoms with Crippen LogP contribution in [0.15, 0.2) is 18.2 Å². The van der Waals surface area contributed by atoms with Gasteiger partial charge in [-0.1, -0.05) is 13.3 Å². The van der Waals surface area contributed by atoms with Gasteiger partial charge in [-0.05, 0) is 43.5 Å². The molecule has 1 aromatic rings. The van der Waals surface area contributed by atoms with E-state index in [0.717, 1.165) is 18.9 Å². The van der Waals surface area contributed by atoms with E-state index in [-0.39, 0.29) is 17.2 Å². The van der Waals surface area contributed by atoms with Gasteiger partial charge >= 0.3 is 0 Å². The summed E-state index contributed by atoms with van der Waals surface area (Å²) in [5.41, 5.74) is 10.8. The van der Waals surface area contributed by atoms with Crippen LogP contribution in [0.2, 0.25) is 0 Å². The minimum absolute atomic E-state index is 0.0248. The Kier molecular flexibility index (Phi) is 6.81. The Labute approximate surface area is 123 Å². The van der Waals surface area contributed by atoms with Crippen LogP contribution in [0.25, 0.3) is 0 Å². The van der Waals surface area contributed by atoms with Crippen LogP contribution >= 0.6 is 0 Å². The number of carbonyl (C=O) groups is 2. The van der Waals surface area contributed by atoms with Crippen LogP contribution < -0.4 is 16.8 Å². The van der Waals surface area contributed by atoms with Crippen LogP contribution in [0.1, 0.15) is 43.0 Å². The van der Waals surface area contributed by atoms with E-state index in [9.17, 15) is 14.0 Å². The summed E-state index contributed by atoms with van der Waals surface area (Å²) < 4.78 is 13.6. The topological polar surface area (TPSA) is 98.2 Å². The fraction of sp³-hybridized carbons (Fsp3) is 0.467. The summed E-state index contributed by atoms with van der Waals surface area (Å²) in [7, 11) is 0. The van der Waals surface area contributed by atoms with E-state index in [2.05, 4.69) is 5.32 Å². The van der Waals surface area contributed by atoms with E-state index in [4.69, 9.17) is 11.5 Å². The van der Waals surface area contributed by atoms with Crippen LogP contribution in [0, 0.1) is 11.7 Å². The number of hydrogen-bond acceptors (Lipinski definition) is 3. The van der Waals surface area contributed by atoms with Gasteiger partial charge in [-0.2, -0.15) is 0 Å². The van der Waals surface area contributed by atoms with Crippen molar-refractivity contribution < 1.29 is 14.0 Å². The van der Waals surface area contributed by atoms with Crippen LogP contribution in [-0.2, 0) is 4.79 Å². The van der Waals surface area contributed by atoms with Gasteiger partial charge in [-0.25, -0.2) is 4.39 Å². The van der Waals surface area contributed by atoms with E-state index >= 15 is 0 Å². The van der Waals surface area contributed by atoms with E-state index in [1.807, 2.05) is 6.92 Å². The molecule has 0 bridgehead atoms. The molecule has 0 spiro atoms. The second-order valence-corrected chi connectivity index (χ2v) is 5.00. The zero-order valence-corrected chi connectivity index (χ0v) is 12.2. The molecule has 1 atom stereocenters. The zero-order chi connectivity index (χ0) is 15.8. The van der Waals surface area contributed by atoms with Crippen molar-refractivity contribution in [2.45, 2.75) is 32.6 Å². The highest BCUT2D eigenvalue weighted by atomic mass is 19.1. The van der Waals surface area contributed by atoms with Crippen molar-refractivity contribution in [2.75, 3.05) is 11.9 Å². The number of benzene rings is 1. The van der Waals surface area contributed by atoms with Crippen molar-refractivity contribution >= 4 is 17.5 Å². The molecule has 0 aliphatic heterocycles. The van der Waals surface area contributed by atoms with E-state index in [1.54, 1.807) is 0 Å². The molecule has 21 heavy (non-hydrogen) atoms. The number of halogens is 1. The molecule has 0 radical (unpaired) electrons. The predicted molar refractivity (Wildman–Crippen MR) is 80.2 cm³/mol. The molecule has 2 amide bonds. The highest BCUT2D eigenvalue weighted by molar-refractivity contribution is 5.96. The Bertz CT molecular complexity index is 506. The predicted octanol–water partition coefficient (Wildman–Crippen LogP) is 2.02. The minimum Gasteiger partial charge on any atom is -0.366 e. The first-order valence-corrected chi connectivity index (χ1v) is 7.07. The van der Waals surface area contributed by atoms with Gasteiger partial charge in [0.2, 0.25) is 11.8 Å². The third-order valence-corrected chi connectivity index (χ3v) is 3.46. The van der Waals surface area contributed by atoms with Crippen molar-refractivity contribution in [1.82, 2.24) is 0 Å². The maximum absolute atomic E-state index is 13.6. The fourth-order valence-corrected chi connectivity index (χ4v) is 2.11. The number of rotatable bonds is 8. The van der Waals surface area contributed by atoms with E-state index in [1.165, 1.54) is 12.1 Å². The van der Waals surface area contributed by atoms with Crippen molar-refractivity contribution in [1.29, 1.82) is 0 Å². The Hall–Kier alpha value is -1.95. The van der Waals surface area contributed by atoms with Crippen molar-refractivity contribution in [3.63, 3.8) is 0 Å². The van der Waals surface area contributed by atoms with Gasteiger partial charge in [0, 0.05) is 12.0 Å². The molecule has 1 unspecified atom stereocenters. The molecule has 0 heterocycles. The standard InChI is InChI=1S/C15H22FN3O2/c1-2-10(7-8-17)3-6-14(20)19-13-9-11(15(18)21)4-5-12(13)16/h4-5,9-10H,2-3,6-8,17H2,1H3,(H2,18,21)(H,19,20). The third kappa shape index (κ3) is 5.51. The maximum atomic E-state index is 13.6. The first-order chi connectivity index (χ1) is 9.97. The molecule has 0 saturated heterocycles. The number of primary amides is 1. The van der Waals surface area contributed by atoms with Gasteiger partial charge in [0.15, 0.2) is 0 Å². The minimum atomic E-state index is -0.667. The Balaban J connectivity index is 2.62. The fourth-order valence-electron chi connectivity index (χ4n) is 2.11. The summed E-state index contributed by atoms with van der Waals surface area (Å²) in [6.07, 6.45) is 2.82. The van der Waals surface area contributed by atoms with E-state index < -0.39 is 11.7 Å². The Morgan fingerprint density at radius 3 is 2.62 bits per heavy atom. The SMILES string of the molecule is CCC(CCN)CCC(=O)Nc1cc(C(N)=O)ccc1F. The van der Waals surface area contributed by atoms with Crippen LogP contribution in [0.3, 0.4) is 0 Å². The lowest BCUT2D eigenvalue weighted by Gasteiger charge is -2.13. The Morgan fingerprint density at radius 1 is 1.33 bits per heavy atom. The Morgan fingerprint density at radius 2 is 2.05 bits per heavy atom. The molecular formula is C15H22FN3O2. The quantitative estimate of drug-likeness (QED) is 0.684. The maximum Gasteiger partial charge on any atom is 0.248 e. The second-order valence-electron chi connectivity index (χ2n) is 5.00. The molecule has 1 aromatic carbocycles. The monoisotopic (exact) mass is 295 g/mol. The summed E-state index contributed by atoms with van der Waals surface area (Å²) >= 11 is 0. The highest BCUT2D eigenvalue weighted by Crippen LogP contribution is 2.18. The number of nitrogens with two attached hydrogens (primary N) is 2. The molecule has 0 saturated carbocycles. The zero-order valence-electron chi connectivity index (χ0n) is 12.2. The van der Waals surface area contributed by atoms with Gasteiger partial charge < -0.3 is 16.8 Å². The molecule has 0 aliphatic carbocycles. The van der Waals surface area contributed by atoms with Gasteiger partial charge in [0.1, 0.15) is 5.82 Å². The largest absolute Gasteiger partial charge is 0.366 e. The van der Waals surface area contributed by atoms with Crippen LogP contribution in [-0.4, -0.2) is 18.4 Å². The molecule has 5 N–H and O–H groups in total. The summed E-state index contributed by atoms with van der Waals surface area (Å²) in [5.74, 6) is -1.16. The number of amides is 2. The normalized spacial score (nSPS) is 12.0. The van der Waals surface area contributed by atoms with Crippen LogP contribution in [0.5, 0.6) is 0 Å². The van der Waals surface area contributed by atoms with Crippen molar-refractivity contribution in [2.24, 2.45) is 17.4 Å². The number of hydrogen-bond donors (Lipinski definition) is 3. The summed E-state index contributed by atoms with van der Waals surface area (Å²) in [5, 5.41) is 2.47. The second kappa shape index (κ2) is 8.36.